The summed E-state index contributed by atoms with van der Waals surface area (Å²) in [7, 11) is 0. The number of hydrogen-bond acceptors (Lipinski definition) is 4. The molecule has 0 spiro atoms. The van der Waals surface area contributed by atoms with Gasteiger partial charge in [-0.05, 0) is 67.6 Å². The maximum absolute atomic E-state index is 13.5. The van der Waals surface area contributed by atoms with E-state index in [4.69, 9.17) is 16.3 Å². The summed E-state index contributed by atoms with van der Waals surface area (Å²) in [5, 5.41) is 0.673. The Bertz CT molecular complexity index is 1480. The van der Waals surface area contributed by atoms with E-state index < -0.39 is 0 Å². The normalized spacial score (nSPS) is 16.6. The Morgan fingerprint density at radius 3 is 2.82 bits per heavy atom. The van der Waals surface area contributed by atoms with Gasteiger partial charge < -0.3 is 14.6 Å². The number of imidazole rings is 1. The molecule has 8 heteroatoms. The Balaban J connectivity index is 1.48. The topological polar surface area (TPSA) is 79.7 Å². The maximum atomic E-state index is 13.5. The summed E-state index contributed by atoms with van der Waals surface area (Å²) >= 11 is 6.13. The number of fused-ring (bicyclic) bond motifs is 4. The van der Waals surface area contributed by atoms with E-state index in [9.17, 15) is 9.59 Å². The molecule has 0 bridgehead atoms. The molecule has 2 aromatic carbocycles. The predicted molar refractivity (Wildman–Crippen MR) is 128 cm³/mol. The molecule has 0 atom stereocenters. The fraction of sp³-hybridized carbons (Fsp3) is 0.320. The summed E-state index contributed by atoms with van der Waals surface area (Å²) < 4.78 is 7.46. The predicted octanol–water partition coefficient (Wildman–Crippen LogP) is 4.23. The van der Waals surface area contributed by atoms with Gasteiger partial charge in [0.15, 0.2) is 0 Å². The van der Waals surface area contributed by atoms with E-state index in [1.807, 2.05) is 35.6 Å². The number of aryl methyl sites for hydroxylation is 1. The minimum Gasteiger partial charge on any atom is -0.381 e. The van der Waals surface area contributed by atoms with Crippen LogP contribution in [0.3, 0.4) is 0 Å². The van der Waals surface area contributed by atoms with Crippen molar-refractivity contribution in [2.24, 2.45) is 0 Å². The molecule has 2 aliphatic heterocycles. The number of anilines is 1. The third kappa shape index (κ3) is 3.26. The highest BCUT2D eigenvalue weighted by Crippen LogP contribution is 2.33. The lowest BCUT2D eigenvalue weighted by molar-refractivity contribution is 0.0835. The molecule has 6 rings (SSSR count). The lowest BCUT2D eigenvalue weighted by atomic mass is 9.99. The molecule has 0 aliphatic carbocycles. The first-order chi connectivity index (χ1) is 16.0. The van der Waals surface area contributed by atoms with Gasteiger partial charge in [-0.15, -0.1) is 0 Å². The number of carbonyl (C=O) groups excluding carboxylic acids is 1. The Labute approximate surface area is 195 Å². The van der Waals surface area contributed by atoms with Gasteiger partial charge >= 0.3 is 0 Å². The van der Waals surface area contributed by atoms with E-state index in [1.165, 1.54) is 0 Å². The fourth-order valence-electron chi connectivity index (χ4n) is 5.14. The van der Waals surface area contributed by atoms with Crippen molar-refractivity contribution >= 4 is 39.7 Å². The molecule has 0 radical (unpaired) electrons. The highest BCUT2D eigenvalue weighted by atomic mass is 35.5. The number of aromatic amines is 1. The third-order valence-electron chi connectivity index (χ3n) is 6.85. The molecule has 0 unspecified atom stereocenters. The molecule has 168 valence electrons. The number of benzene rings is 2. The largest absolute Gasteiger partial charge is 0.381 e. The highest BCUT2D eigenvalue weighted by Gasteiger charge is 2.28. The number of ether oxygens (including phenoxy) is 1. The molecular weight excluding hydrogens is 440 g/mol. The Morgan fingerprint density at radius 1 is 1.18 bits per heavy atom. The van der Waals surface area contributed by atoms with Crippen LogP contribution in [0.5, 0.6) is 0 Å². The quantitative estimate of drug-likeness (QED) is 0.483. The van der Waals surface area contributed by atoms with Gasteiger partial charge in [-0.3, -0.25) is 14.0 Å². The Hall–Kier alpha value is -3.16. The van der Waals surface area contributed by atoms with Gasteiger partial charge in [0.1, 0.15) is 11.3 Å². The molecule has 2 aliphatic rings. The smallest absolute Gasteiger partial charge is 0.274 e. The van der Waals surface area contributed by atoms with E-state index in [0.717, 1.165) is 47.4 Å². The van der Waals surface area contributed by atoms with E-state index >= 15 is 0 Å². The minimum atomic E-state index is -0.211. The van der Waals surface area contributed by atoms with Gasteiger partial charge in [0.05, 0.1) is 17.2 Å². The number of hydrogen-bond donors (Lipinski definition) is 1. The number of amides is 1. The fourth-order valence-corrected chi connectivity index (χ4v) is 5.34. The lowest BCUT2D eigenvalue weighted by Gasteiger charge is -2.22. The molecule has 4 aromatic rings. The van der Waals surface area contributed by atoms with Gasteiger partial charge in [-0.1, -0.05) is 11.6 Å². The van der Waals surface area contributed by atoms with Crippen LogP contribution in [-0.4, -0.2) is 40.0 Å². The number of rotatable bonds is 2. The van der Waals surface area contributed by atoms with Crippen LogP contribution in [0, 0.1) is 6.92 Å². The molecule has 33 heavy (non-hydrogen) atoms. The first kappa shape index (κ1) is 20.4. The van der Waals surface area contributed by atoms with Crippen LogP contribution >= 0.6 is 11.6 Å². The van der Waals surface area contributed by atoms with Crippen LogP contribution in [0.1, 0.15) is 46.1 Å². The molecule has 4 heterocycles. The van der Waals surface area contributed by atoms with Crippen LogP contribution in [0.15, 0.2) is 41.3 Å². The van der Waals surface area contributed by atoms with Gasteiger partial charge in [-0.25, -0.2) is 4.98 Å². The molecule has 1 saturated heterocycles. The van der Waals surface area contributed by atoms with E-state index in [1.54, 1.807) is 17.2 Å². The highest BCUT2D eigenvalue weighted by molar-refractivity contribution is 6.30. The maximum Gasteiger partial charge on any atom is 0.274 e. The van der Waals surface area contributed by atoms with Gasteiger partial charge in [0, 0.05) is 41.9 Å². The Kier molecular flexibility index (Phi) is 4.78. The number of halogens is 1. The van der Waals surface area contributed by atoms with Crippen LogP contribution in [-0.2, 0) is 11.2 Å². The van der Waals surface area contributed by atoms with Crippen LogP contribution in [0.25, 0.3) is 16.6 Å². The van der Waals surface area contributed by atoms with Crippen molar-refractivity contribution < 1.29 is 9.53 Å². The standard InChI is InChI=1S/C25H23ClN4O3/c1-14-10-21-19(12-18(14)25(32)29-7-4-16-11-17(26)2-3-20(16)29)28-24(31)22-13-27-23(30(21)22)15-5-8-33-9-6-15/h2-3,10-13,15H,4-9H2,1H3,(H,28,31). The van der Waals surface area contributed by atoms with Gasteiger partial charge in [-0.2, -0.15) is 0 Å². The van der Waals surface area contributed by atoms with Crippen molar-refractivity contribution in [3.05, 3.63) is 74.4 Å². The molecule has 1 N–H and O–H groups in total. The van der Waals surface area contributed by atoms with Crippen molar-refractivity contribution in [3.63, 3.8) is 0 Å². The summed E-state index contributed by atoms with van der Waals surface area (Å²) in [4.78, 5) is 35.8. The average molecular weight is 463 g/mol. The monoisotopic (exact) mass is 462 g/mol. The van der Waals surface area contributed by atoms with Crippen molar-refractivity contribution in [1.82, 2.24) is 14.4 Å². The molecule has 2 aromatic heterocycles. The van der Waals surface area contributed by atoms with Gasteiger partial charge in [0.2, 0.25) is 0 Å². The zero-order valence-electron chi connectivity index (χ0n) is 18.2. The second-order valence-corrected chi connectivity index (χ2v) is 9.28. The summed E-state index contributed by atoms with van der Waals surface area (Å²) in [5.41, 5.74) is 5.19. The number of carbonyl (C=O) groups is 1. The van der Waals surface area contributed by atoms with Crippen LogP contribution in [0.4, 0.5) is 5.69 Å². The molecule has 7 nitrogen and oxygen atoms in total. The van der Waals surface area contributed by atoms with Crippen molar-refractivity contribution in [2.45, 2.75) is 32.1 Å². The van der Waals surface area contributed by atoms with E-state index in [0.29, 0.717) is 41.4 Å². The second-order valence-electron chi connectivity index (χ2n) is 8.84. The average Bonchev–Trinajstić information content (AvgIpc) is 3.44. The zero-order chi connectivity index (χ0) is 22.7. The summed E-state index contributed by atoms with van der Waals surface area (Å²) in [5.74, 6) is 1.04. The SMILES string of the molecule is Cc1cc2c(cc1C(=O)N1CCc3cc(Cl)ccc31)[nH]c(=O)c1cnc(C3CCOCC3)n12. The van der Waals surface area contributed by atoms with Crippen LogP contribution < -0.4 is 10.5 Å². The first-order valence-electron chi connectivity index (χ1n) is 11.2. The summed E-state index contributed by atoms with van der Waals surface area (Å²) in [6.45, 7) is 3.94. The number of H-pyrrole nitrogens is 1. The van der Waals surface area contributed by atoms with Crippen molar-refractivity contribution in [2.75, 3.05) is 24.7 Å². The summed E-state index contributed by atoms with van der Waals surface area (Å²) in [6.07, 6.45) is 4.17. The first-order valence-corrected chi connectivity index (χ1v) is 11.6. The second kappa shape index (κ2) is 7.71. The third-order valence-corrected chi connectivity index (χ3v) is 7.09. The number of nitrogens with zero attached hydrogens (tertiary/aromatic N) is 3. The minimum absolute atomic E-state index is 0.0771. The Morgan fingerprint density at radius 2 is 2.00 bits per heavy atom. The van der Waals surface area contributed by atoms with E-state index in [2.05, 4.69) is 9.97 Å². The van der Waals surface area contributed by atoms with Crippen molar-refractivity contribution in [3.8, 4) is 0 Å². The van der Waals surface area contributed by atoms with E-state index in [-0.39, 0.29) is 17.4 Å². The molecule has 1 fully saturated rings. The number of aromatic nitrogens is 3. The zero-order valence-corrected chi connectivity index (χ0v) is 19.0. The van der Waals surface area contributed by atoms with Crippen molar-refractivity contribution in [1.29, 1.82) is 0 Å². The molecule has 0 saturated carbocycles. The van der Waals surface area contributed by atoms with Gasteiger partial charge in [0.25, 0.3) is 11.5 Å². The molecular formula is C25H23ClN4O3. The summed E-state index contributed by atoms with van der Waals surface area (Å²) in [6, 6.07) is 9.41. The van der Waals surface area contributed by atoms with Crippen LogP contribution in [0.2, 0.25) is 5.02 Å². The molecule has 1 amide bonds. The number of nitrogens with one attached hydrogen (secondary N) is 1. The lowest BCUT2D eigenvalue weighted by Crippen LogP contribution is -2.29.